The lowest BCUT2D eigenvalue weighted by Gasteiger charge is -2.09. The van der Waals surface area contributed by atoms with Crippen molar-refractivity contribution in [3.05, 3.63) is 46.2 Å². The van der Waals surface area contributed by atoms with E-state index in [1.165, 1.54) is 12.1 Å². The third-order valence-electron chi connectivity index (χ3n) is 2.39. The molecule has 2 aromatic rings. The number of hydrogen-bond donors (Lipinski definition) is 2. The molecule has 8 heteroatoms. The van der Waals surface area contributed by atoms with E-state index in [4.69, 9.17) is 0 Å². The Balaban J connectivity index is 2.17. The number of sulfonamides is 1. The van der Waals surface area contributed by atoms with Crippen molar-refractivity contribution in [2.45, 2.75) is 18.7 Å². The van der Waals surface area contributed by atoms with Gasteiger partial charge in [-0.3, -0.25) is 5.43 Å². The lowest BCUT2D eigenvalue weighted by atomic mass is 10.4. The molecule has 1 heterocycles. The molecule has 2 N–H and O–H groups in total. The van der Waals surface area contributed by atoms with Gasteiger partial charge in [-0.25, -0.2) is 18.4 Å². The van der Waals surface area contributed by atoms with Gasteiger partial charge in [0.1, 0.15) is 0 Å². The minimum Gasteiger partial charge on any atom is -0.276 e. The number of nitrogens with zero attached hydrogens (tertiary/aromatic N) is 2. The lowest BCUT2D eigenvalue weighted by Crippen LogP contribution is -2.30. The van der Waals surface area contributed by atoms with Crippen LogP contribution in [-0.4, -0.2) is 18.4 Å². The maximum atomic E-state index is 12.1. The summed E-state index contributed by atoms with van der Waals surface area (Å²) < 4.78 is 24.8. The van der Waals surface area contributed by atoms with Crippen molar-refractivity contribution in [2.75, 3.05) is 5.43 Å². The Morgan fingerprint density at radius 3 is 2.35 bits per heavy atom. The third kappa shape index (κ3) is 3.75. The van der Waals surface area contributed by atoms with Gasteiger partial charge in [0, 0.05) is 15.9 Å². The van der Waals surface area contributed by atoms with Crippen LogP contribution in [0.4, 0.5) is 5.95 Å². The fourth-order valence-corrected chi connectivity index (χ4v) is 3.02. The summed E-state index contributed by atoms with van der Waals surface area (Å²) >= 11 is 3.23. The molecule has 0 aliphatic carbocycles. The third-order valence-corrected chi connectivity index (χ3v) is 4.12. The van der Waals surface area contributed by atoms with Crippen LogP contribution in [0.15, 0.2) is 39.7 Å². The molecule has 0 fully saturated rings. The fraction of sp³-hybridized carbons (Fsp3) is 0.167. The monoisotopic (exact) mass is 356 g/mol. The average Bonchev–Trinajstić information content (AvgIpc) is 2.35. The summed E-state index contributed by atoms with van der Waals surface area (Å²) in [5.41, 5.74) is 4.01. The standard InChI is InChI=1S/C12H13BrN4O2S/c1-8-6-9(2)15-12(14-8)16-17-20(18,19)11-5-3-4-10(13)7-11/h3-7,17H,1-2H3,(H,14,15,16). The highest BCUT2D eigenvalue weighted by Crippen LogP contribution is 2.15. The molecule has 0 aliphatic rings. The van der Waals surface area contributed by atoms with E-state index in [0.29, 0.717) is 4.47 Å². The Labute approximate surface area is 125 Å². The van der Waals surface area contributed by atoms with Gasteiger partial charge in [-0.1, -0.05) is 22.0 Å². The number of hydrazine groups is 1. The van der Waals surface area contributed by atoms with E-state index in [0.717, 1.165) is 11.4 Å². The van der Waals surface area contributed by atoms with Crippen molar-refractivity contribution in [1.29, 1.82) is 0 Å². The number of hydrogen-bond acceptors (Lipinski definition) is 5. The van der Waals surface area contributed by atoms with Crippen LogP contribution in [0.3, 0.4) is 0 Å². The zero-order valence-electron chi connectivity index (χ0n) is 10.9. The van der Waals surface area contributed by atoms with E-state index < -0.39 is 10.0 Å². The predicted molar refractivity (Wildman–Crippen MR) is 79.6 cm³/mol. The Bertz CT molecular complexity index is 714. The van der Waals surface area contributed by atoms with Crippen molar-refractivity contribution < 1.29 is 8.42 Å². The summed E-state index contributed by atoms with van der Waals surface area (Å²) in [6.45, 7) is 3.62. The molecular formula is C12H13BrN4O2S. The van der Waals surface area contributed by atoms with Crippen LogP contribution in [0.25, 0.3) is 0 Å². The number of benzene rings is 1. The Kier molecular flexibility index (Phi) is 4.36. The normalized spacial score (nSPS) is 11.3. The zero-order chi connectivity index (χ0) is 14.8. The highest BCUT2D eigenvalue weighted by atomic mass is 79.9. The summed E-state index contributed by atoms with van der Waals surface area (Å²) in [6, 6.07) is 8.20. The largest absolute Gasteiger partial charge is 0.276 e. The SMILES string of the molecule is Cc1cc(C)nc(NNS(=O)(=O)c2cccc(Br)c2)n1. The number of nitrogens with one attached hydrogen (secondary N) is 2. The quantitative estimate of drug-likeness (QED) is 0.820. The first-order chi connectivity index (χ1) is 9.37. The highest BCUT2D eigenvalue weighted by Gasteiger charge is 2.14. The first-order valence-electron chi connectivity index (χ1n) is 5.72. The van der Waals surface area contributed by atoms with Crippen molar-refractivity contribution in [1.82, 2.24) is 14.8 Å². The van der Waals surface area contributed by atoms with E-state index in [2.05, 4.69) is 36.2 Å². The molecule has 0 unspecified atom stereocenters. The van der Waals surface area contributed by atoms with Gasteiger partial charge in [0.2, 0.25) is 5.95 Å². The molecule has 2 rings (SSSR count). The van der Waals surface area contributed by atoms with Crippen molar-refractivity contribution >= 4 is 31.9 Å². The maximum absolute atomic E-state index is 12.1. The van der Waals surface area contributed by atoms with Crippen LogP contribution in [-0.2, 0) is 10.0 Å². The molecule has 0 aliphatic heterocycles. The summed E-state index contributed by atoms with van der Waals surface area (Å²) in [7, 11) is -3.68. The van der Waals surface area contributed by atoms with Crippen molar-refractivity contribution in [3.63, 3.8) is 0 Å². The first kappa shape index (κ1) is 14.9. The second-order valence-electron chi connectivity index (χ2n) is 4.16. The van der Waals surface area contributed by atoms with Crippen LogP contribution in [0.5, 0.6) is 0 Å². The van der Waals surface area contributed by atoms with Crippen LogP contribution in [0.2, 0.25) is 0 Å². The van der Waals surface area contributed by atoms with E-state index in [1.807, 2.05) is 13.8 Å². The molecule has 0 bridgehead atoms. The summed E-state index contributed by atoms with van der Waals surface area (Å²) in [4.78, 5) is 10.6. The van der Waals surface area contributed by atoms with E-state index in [-0.39, 0.29) is 10.8 Å². The molecule has 0 amide bonds. The van der Waals surface area contributed by atoms with Crippen LogP contribution in [0.1, 0.15) is 11.4 Å². The second-order valence-corrected chi connectivity index (χ2v) is 6.76. The molecule has 1 aromatic carbocycles. The average molecular weight is 357 g/mol. The van der Waals surface area contributed by atoms with Crippen LogP contribution in [0, 0.1) is 13.8 Å². The van der Waals surface area contributed by atoms with Gasteiger partial charge in [-0.05, 0) is 38.1 Å². The molecule has 106 valence electrons. The molecule has 20 heavy (non-hydrogen) atoms. The zero-order valence-corrected chi connectivity index (χ0v) is 13.3. The highest BCUT2D eigenvalue weighted by molar-refractivity contribution is 9.10. The van der Waals surface area contributed by atoms with Gasteiger partial charge in [0.15, 0.2) is 0 Å². The lowest BCUT2D eigenvalue weighted by molar-refractivity contribution is 0.587. The number of halogens is 1. The Hall–Kier alpha value is -1.51. The molecule has 1 aromatic heterocycles. The molecule has 6 nitrogen and oxygen atoms in total. The van der Waals surface area contributed by atoms with E-state index in [9.17, 15) is 8.42 Å². The van der Waals surface area contributed by atoms with Gasteiger partial charge in [0.05, 0.1) is 4.90 Å². The number of aromatic nitrogens is 2. The molecule has 0 atom stereocenters. The maximum Gasteiger partial charge on any atom is 0.257 e. The van der Waals surface area contributed by atoms with E-state index in [1.54, 1.807) is 18.2 Å². The van der Waals surface area contributed by atoms with E-state index >= 15 is 0 Å². The van der Waals surface area contributed by atoms with Crippen LogP contribution >= 0.6 is 15.9 Å². The summed E-state index contributed by atoms with van der Waals surface area (Å²) in [5.74, 6) is 0.209. The van der Waals surface area contributed by atoms with Gasteiger partial charge >= 0.3 is 0 Å². The topological polar surface area (TPSA) is 84.0 Å². The van der Waals surface area contributed by atoms with Crippen molar-refractivity contribution in [3.8, 4) is 0 Å². The molecule has 0 spiro atoms. The van der Waals surface area contributed by atoms with Gasteiger partial charge in [-0.15, -0.1) is 4.83 Å². The van der Waals surface area contributed by atoms with Gasteiger partial charge in [0.25, 0.3) is 10.0 Å². The Morgan fingerprint density at radius 1 is 1.10 bits per heavy atom. The second kappa shape index (κ2) is 5.86. The number of rotatable bonds is 4. The minimum atomic E-state index is -3.68. The number of aryl methyl sites for hydroxylation is 2. The predicted octanol–water partition coefficient (Wildman–Crippen LogP) is 2.16. The van der Waals surface area contributed by atoms with Gasteiger partial charge in [-0.2, -0.15) is 0 Å². The van der Waals surface area contributed by atoms with Crippen LogP contribution < -0.4 is 10.3 Å². The molecular weight excluding hydrogens is 344 g/mol. The Morgan fingerprint density at radius 2 is 1.75 bits per heavy atom. The smallest absolute Gasteiger partial charge is 0.257 e. The summed E-state index contributed by atoms with van der Waals surface area (Å²) in [5, 5.41) is 0. The molecule has 0 radical (unpaired) electrons. The molecule has 0 saturated carbocycles. The fourth-order valence-electron chi connectivity index (χ4n) is 1.59. The first-order valence-corrected chi connectivity index (χ1v) is 8.00. The minimum absolute atomic E-state index is 0.142. The molecule has 0 saturated heterocycles. The summed E-state index contributed by atoms with van der Waals surface area (Å²) in [6.07, 6.45) is 0. The number of anilines is 1. The van der Waals surface area contributed by atoms with Gasteiger partial charge < -0.3 is 0 Å². The van der Waals surface area contributed by atoms with Crippen molar-refractivity contribution in [2.24, 2.45) is 0 Å².